The number of hydrogen-bond donors (Lipinski definition) is 5. The topological polar surface area (TPSA) is 139 Å². The molecule has 0 aliphatic heterocycles. The van der Waals surface area contributed by atoms with Gasteiger partial charge in [-0.1, -0.05) is 42.3 Å². The molecule has 1 aromatic rings. The Morgan fingerprint density at radius 2 is 1.89 bits per heavy atom. The molecular formula is C28H39ClN6O2. The highest BCUT2D eigenvalue weighted by Crippen LogP contribution is 2.25. The van der Waals surface area contributed by atoms with Crippen LogP contribution in [-0.2, 0) is 9.59 Å². The van der Waals surface area contributed by atoms with Crippen molar-refractivity contribution in [2.75, 3.05) is 19.6 Å². The standard InChI is InChI=1S/C28H39ClN6O2/c1-18-7-3-11-23-25(15-18)34-26(33-23)24(12-5-13-30)35-27(36)20-9-4-10-21(22(29)16-20)28(37)32-14-6-8-19(2)17-31/h3-4,9,11,15-16,19,24H,5-8,10,12-14,17,30-31H2,1-2H3,(H,32,37)(H,33,34)(H,35,36). The molecular weight excluding hydrogens is 488 g/mol. The predicted octanol–water partition coefficient (Wildman–Crippen LogP) is 4.00. The second-order valence-electron chi connectivity index (χ2n) is 9.75. The van der Waals surface area contributed by atoms with Gasteiger partial charge in [0.1, 0.15) is 5.82 Å². The largest absolute Gasteiger partial charge is 0.352 e. The Morgan fingerprint density at radius 1 is 1.11 bits per heavy atom. The smallest absolute Gasteiger partial charge is 0.251 e. The minimum atomic E-state index is -0.343. The second-order valence-corrected chi connectivity index (χ2v) is 10.2. The molecule has 0 spiro atoms. The molecule has 0 bridgehead atoms. The van der Waals surface area contributed by atoms with Crippen molar-refractivity contribution < 1.29 is 9.59 Å². The molecule has 7 N–H and O–H groups in total. The molecule has 0 fully saturated rings. The molecule has 9 heteroatoms. The third kappa shape index (κ3) is 8.28. The predicted molar refractivity (Wildman–Crippen MR) is 150 cm³/mol. The highest BCUT2D eigenvalue weighted by atomic mass is 35.5. The molecule has 2 aliphatic rings. The van der Waals surface area contributed by atoms with E-state index in [4.69, 9.17) is 28.1 Å². The van der Waals surface area contributed by atoms with Gasteiger partial charge in [-0.3, -0.25) is 9.59 Å². The highest BCUT2D eigenvalue weighted by Gasteiger charge is 2.22. The maximum atomic E-state index is 13.3. The van der Waals surface area contributed by atoms with Gasteiger partial charge >= 0.3 is 0 Å². The summed E-state index contributed by atoms with van der Waals surface area (Å²) in [5.74, 6) is 0.600. The Hall–Kier alpha value is -2.94. The van der Waals surface area contributed by atoms with Crippen molar-refractivity contribution in [1.29, 1.82) is 0 Å². The number of fused-ring (bicyclic) bond motifs is 1. The number of imidazole rings is 1. The molecule has 200 valence electrons. The molecule has 2 unspecified atom stereocenters. The van der Waals surface area contributed by atoms with E-state index in [1.807, 2.05) is 6.08 Å². The Bertz CT molecular complexity index is 1130. The number of aromatic nitrogens is 2. The van der Waals surface area contributed by atoms with Gasteiger partial charge in [-0.25, -0.2) is 4.98 Å². The van der Waals surface area contributed by atoms with Crippen molar-refractivity contribution in [1.82, 2.24) is 20.6 Å². The lowest BCUT2D eigenvalue weighted by molar-refractivity contribution is -0.118. The van der Waals surface area contributed by atoms with Crippen LogP contribution in [0.15, 0.2) is 46.1 Å². The first-order valence-electron chi connectivity index (χ1n) is 13.0. The number of aromatic amines is 1. The number of rotatable bonds is 12. The number of nitrogens with zero attached hydrogens (tertiary/aromatic N) is 1. The first kappa shape index (κ1) is 28.6. The summed E-state index contributed by atoms with van der Waals surface area (Å²) in [7, 11) is 0. The maximum absolute atomic E-state index is 13.3. The quantitative estimate of drug-likeness (QED) is 0.262. The maximum Gasteiger partial charge on any atom is 0.251 e. The average Bonchev–Trinajstić information content (AvgIpc) is 3.04. The Labute approximate surface area is 224 Å². The van der Waals surface area contributed by atoms with Crippen LogP contribution in [-0.4, -0.2) is 41.4 Å². The number of carbonyl (C=O) groups is 2. The molecule has 2 aliphatic carbocycles. The summed E-state index contributed by atoms with van der Waals surface area (Å²) in [6.07, 6.45) is 15.6. The third-order valence-electron chi connectivity index (χ3n) is 6.51. The van der Waals surface area contributed by atoms with E-state index in [1.54, 1.807) is 18.2 Å². The van der Waals surface area contributed by atoms with Gasteiger partial charge < -0.3 is 27.1 Å². The van der Waals surface area contributed by atoms with Crippen LogP contribution >= 0.6 is 11.6 Å². The third-order valence-corrected chi connectivity index (χ3v) is 6.84. The van der Waals surface area contributed by atoms with Crippen LogP contribution in [0.4, 0.5) is 0 Å². The van der Waals surface area contributed by atoms with E-state index < -0.39 is 0 Å². The molecule has 0 saturated carbocycles. The van der Waals surface area contributed by atoms with E-state index in [2.05, 4.69) is 41.6 Å². The molecule has 2 amide bonds. The van der Waals surface area contributed by atoms with Crippen LogP contribution in [0.1, 0.15) is 75.6 Å². The molecule has 0 aromatic carbocycles. The summed E-state index contributed by atoms with van der Waals surface area (Å²) < 4.78 is 0. The highest BCUT2D eigenvalue weighted by molar-refractivity contribution is 6.34. The summed E-state index contributed by atoms with van der Waals surface area (Å²) in [5, 5.41) is 6.26. The van der Waals surface area contributed by atoms with Crippen molar-refractivity contribution in [2.24, 2.45) is 17.4 Å². The van der Waals surface area contributed by atoms with E-state index in [0.717, 1.165) is 37.1 Å². The van der Waals surface area contributed by atoms with Gasteiger partial charge in [0.25, 0.3) is 5.91 Å². The lowest BCUT2D eigenvalue weighted by Gasteiger charge is -2.17. The minimum Gasteiger partial charge on any atom is -0.352 e. The number of allylic oxidation sites excluding steroid dienone is 5. The number of halogens is 1. The monoisotopic (exact) mass is 526 g/mol. The van der Waals surface area contributed by atoms with Crippen LogP contribution in [0.2, 0.25) is 0 Å². The fraction of sp³-hybridized carbons (Fsp3) is 0.464. The zero-order valence-corrected chi connectivity index (χ0v) is 22.5. The normalized spacial score (nSPS) is 16.8. The fourth-order valence-corrected chi connectivity index (χ4v) is 4.50. The number of H-pyrrole nitrogens is 1. The molecule has 0 radical (unpaired) electrons. The first-order valence-corrected chi connectivity index (χ1v) is 13.4. The second kappa shape index (κ2) is 14.1. The van der Waals surface area contributed by atoms with Crippen LogP contribution in [0.3, 0.4) is 0 Å². The first-order chi connectivity index (χ1) is 17.8. The summed E-state index contributed by atoms with van der Waals surface area (Å²) in [4.78, 5) is 34.1. The van der Waals surface area contributed by atoms with E-state index in [9.17, 15) is 9.59 Å². The van der Waals surface area contributed by atoms with Crippen molar-refractivity contribution in [3.8, 4) is 0 Å². The van der Waals surface area contributed by atoms with Gasteiger partial charge in [0.05, 0.1) is 22.5 Å². The average molecular weight is 527 g/mol. The van der Waals surface area contributed by atoms with Crippen molar-refractivity contribution in [2.45, 2.75) is 58.4 Å². The van der Waals surface area contributed by atoms with Gasteiger partial charge in [0.2, 0.25) is 5.91 Å². The number of amides is 2. The number of hydrogen-bond acceptors (Lipinski definition) is 5. The minimum absolute atomic E-state index is 0.220. The molecule has 3 rings (SSSR count). The van der Waals surface area contributed by atoms with Crippen LogP contribution in [0.5, 0.6) is 0 Å². The number of carbonyl (C=O) groups excluding carboxylic acids is 2. The van der Waals surface area contributed by atoms with E-state index in [1.165, 1.54) is 5.57 Å². The Balaban J connectivity index is 1.71. The molecule has 8 nitrogen and oxygen atoms in total. The summed E-state index contributed by atoms with van der Waals surface area (Å²) >= 11 is 6.50. The zero-order chi connectivity index (χ0) is 26.8. The Kier molecular flexibility index (Phi) is 10.9. The molecule has 0 saturated heterocycles. The Morgan fingerprint density at radius 3 is 2.65 bits per heavy atom. The van der Waals surface area contributed by atoms with Crippen molar-refractivity contribution in [3.05, 3.63) is 63.3 Å². The molecule has 1 heterocycles. The van der Waals surface area contributed by atoms with Gasteiger partial charge in [-0.05, 0) is 82.7 Å². The lowest BCUT2D eigenvalue weighted by Crippen LogP contribution is -2.30. The van der Waals surface area contributed by atoms with Crippen LogP contribution in [0, 0.1) is 5.92 Å². The molecule has 1 aromatic heterocycles. The van der Waals surface area contributed by atoms with Crippen molar-refractivity contribution in [3.63, 3.8) is 0 Å². The zero-order valence-electron chi connectivity index (χ0n) is 21.8. The summed E-state index contributed by atoms with van der Waals surface area (Å²) in [6.45, 7) is 5.86. The van der Waals surface area contributed by atoms with Gasteiger partial charge in [0.15, 0.2) is 0 Å². The van der Waals surface area contributed by atoms with E-state index >= 15 is 0 Å². The van der Waals surface area contributed by atoms with Gasteiger partial charge in [-0.15, -0.1) is 0 Å². The van der Waals surface area contributed by atoms with E-state index in [0.29, 0.717) is 55.4 Å². The van der Waals surface area contributed by atoms with E-state index in [-0.39, 0.29) is 22.9 Å². The van der Waals surface area contributed by atoms with Crippen LogP contribution in [0.25, 0.3) is 12.2 Å². The van der Waals surface area contributed by atoms with Crippen LogP contribution < -0.4 is 22.1 Å². The summed E-state index contributed by atoms with van der Waals surface area (Å²) in [5.41, 5.74) is 15.2. The lowest BCUT2D eigenvalue weighted by atomic mass is 10.1. The number of nitrogens with two attached hydrogens (primary N) is 2. The van der Waals surface area contributed by atoms with Gasteiger partial charge in [-0.2, -0.15) is 0 Å². The van der Waals surface area contributed by atoms with Gasteiger partial charge in [0, 0.05) is 17.7 Å². The fourth-order valence-electron chi connectivity index (χ4n) is 4.22. The van der Waals surface area contributed by atoms with Crippen molar-refractivity contribution >= 4 is 35.6 Å². The SMILES string of the molecule is CC1=Cc2[nH]c(C(CCCN)NC(=O)C3=CC(Cl)=C(C(=O)NCCCC(C)CN)CC=C3)nc2C=CC1. The summed E-state index contributed by atoms with van der Waals surface area (Å²) in [6, 6.07) is -0.343. The molecule has 37 heavy (non-hydrogen) atoms. The molecule has 2 atom stereocenters. The number of nitrogens with one attached hydrogen (secondary N) is 3.